The third kappa shape index (κ3) is 4.19. The number of allylic oxidation sites excluding steroid dienone is 1. The molecule has 0 aliphatic heterocycles. The standard InChI is InChI=1S/C12H12F2O2S/c1-2-3-5-9-6-4-7-10(8-9)17-12(13,14)11(15)16/h3-8H,2H2,1H3,(H,15,16)/b5-3+. The molecule has 0 heterocycles. The van der Waals surface area contributed by atoms with Gasteiger partial charge in [-0.05, 0) is 35.9 Å². The van der Waals surface area contributed by atoms with Crippen LogP contribution in [0.2, 0.25) is 0 Å². The Kier molecular flexibility index (Phi) is 4.69. The zero-order chi connectivity index (χ0) is 12.9. The molecular formula is C12H12F2O2S. The van der Waals surface area contributed by atoms with Gasteiger partial charge in [0.1, 0.15) is 0 Å². The molecule has 0 spiro atoms. The molecule has 1 N–H and O–H groups in total. The Bertz CT molecular complexity index is 430. The number of alkyl halides is 2. The van der Waals surface area contributed by atoms with Gasteiger partial charge in [0.05, 0.1) is 0 Å². The van der Waals surface area contributed by atoms with Crippen LogP contribution in [0.25, 0.3) is 6.08 Å². The molecule has 0 unspecified atom stereocenters. The molecule has 0 saturated carbocycles. The number of thioether (sulfide) groups is 1. The Morgan fingerprint density at radius 1 is 1.53 bits per heavy atom. The van der Waals surface area contributed by atoms with Crippen LogP contribution in [0, 0.1) is 0 Å². The van der Waals surface area contributed by atoms with Crippen LogP contribution in [0.1, 0.15) is 18.9 Å². The van der Waals surface area contributed by atoms with Gasteiger partial charge in [-0.15, -0.1) is 0 Å². The van der Waals surface area contributed by atoms with E-state index in [-0.39, 0.29) is 16.7 Å². The molecule has 1 aromatic carbocycles. The van der Waals surface area contributed by atoms with Crippen LogP contribution in [0.15, 0.2) is 35.2 Å². The van der Waals surface area contributed by atoms with Crippen LogP contribution >= 0.6 is 11.8 Å². The van der Waals surface area contributed by atoms with Gasteiger partial charge in [0, 0.05) is 4.90 Å². The largest absolute Gasteiger partial charge is 0.476 e. The van der Waals surface area contributed by atoms with Crippen LogP contribution in [0.3, 0.4) is 0 Å². The molecule has 0 radical (unpaired) electrons. The number of hydrogen-bond acceptors (Lipinski definition) is 2. The minimum absolute atomic E-state index is 0.0348. The second-order valence-electron chi connectivity index (χ2n) is 3.31. The van der Waals surface area contributed by atoms with Crippen molar-refractivity contribution in [3.05, 3.63) is 35.9 Å². The summed E-state index contributed by atoms with van der Waals surface area (Å²) in [6, 6.07) is 6.39. The van der Waals surface area contributed by atoms with E-state index in [1.165, 1.54) is 12.1 Å². The number of carbonyl (C=O) groups is 1. The lowest BCUT2D eigenvalue weighted by Crippen LogP contribution is -2.23. The number of aliphatic carboxylic acids is 1. The number of benzene rings is 1. The van der Waals surface area contributed by atoms with E-state index in [1.54, 1.807) is 12.1 Å². The summed E-state index contributed by atoms with van der Waals surface area (Å²) in [4.78, 5) is 10.5. The molecule has 0 fully saturated rings. The van der Waals surface area contributed by atoms with Crippen molar-refractivity contribution in [3.63, 3.8) is 0 Å². The molecular weight excluding hydrogens is 246 g/mol. The first-order valence-electron chi connectivity index (χ1n) is 5.02. The molecule has 0 saturated heterocycles. The van der Waals surface area contributed by atoms with Crippen LogP contribution in [0.5, 0.6) is 0 Å². The maximum atomic E-state index is 13.0. The summed E-state index contributed by atoms with van der Waals surface area (Å²) in [6.45, 7) is 1.97. The smallest absolute Gasteiger partial charge is 0.393 e. The minimum atomic E-state index is -3.80. The summed E-state index contributed by atoms with van der Waals surface area (Å²) in [5.74, 6) is -2.13. The summed E-state index contributed by atoms with van der Waals surface area (Å²) >= 11 is 0.0348. The van der Waals surface area contributed by atoms with Crippen LogP contribution in [-0.2, 0) is 4.79 Å². The molecule has 5 heteroatoms. The van der Waals surface area contributed by atoms with Crippen molar-refractivity contribution in [2.24, 2.45) is 0 Å². The van der Waals surface area contributed by atoms with Gasteiger partial charge in [-0.3, -0.25) is 0 Å². The van der Waals surface area contributed by atoms with E-state index < -0.39 is 11.2 Å². The Balaban J connectivity index is 2.86. The third-order valence-electron chi connectivity index (χ3n) is 1.90. The van der Waals surface area contributed by atoms with Gasteiger partial charge >= 0.3 is 11.2 Å². The molecule has 0 aliphatic rings. The molecule has 17 heavy (non-hydrogen) atoms. The normalized spacial score (nSPS) is 11.9. The number of hydrogen-bond donors (Lipinski definition) is 1. The minimum Gasteiger partial charge on any atom is -0.476 e. The van der Waals surface area contributed by atoms with Gasteiger partial charge in [0.25, 0.3) is 0 Å². The maximum Gasteiger partial charge on any atom is 0.393 e. The SMILES string of the molecule is CC/C=C/c1cccc(SC(F)(F)C(=O)O)c1. The van der Waals surface area contributed by atoms with E-state index in [2.05, 4.69) is 0 Å². The fourth-order valence-electron chi connectivity index (χ4n) is 1.13. The molecule has 0 bridgehead atoms. The van der Waals surface area contributed by atoms with Gasteiger partial charge in [-0.25, -0.2) is 4.79 Å². The van der Waals surface area contributed by atoms with Gasteiger partial charge in [0.2, 0.25) is 0 Å². The zero-order valence-electron chi connectivity index (χ0n) is 9.19. The highest BCUT2D eigenvalue weighted by Crippen LogP contribution is 2.36. The number of carboxylic acids is 1. The Morgan fingerprint density at radius 2 is 2.24 bits per heavy atom. The van der Waals surface area contributed by atoms with Crippen molar-refractivity contribution in [1.82, 2.24) is 0 Å². The number of halogens is 2. The molecule has 0 amide bonds. The predicted molar refractivity (Wildman–Crippen MR) is 64.2 cm³/mol. The monoisotopic (exact) mass is 258 g/mol. The van der Waals surface area contributed by atoms with Gasteiger partial charge in [-0.1, -0.05) is 31.2 Å². The number of rotatable bonds is 5. The summed E-state index contributed by atoms with van der Waals surface area (Å²) in [7, 11) is 0. The van der Waals surface area contributed by atoms with Crippen LogP contribution < -0.4 is 0 Å². The van der Waals surface area contributed by atoms with Crippen LogP contribution in [0.4, 0.5) is 8.78 Å². The van der Waals surface area contributed by atoms with E-state index in [1.807, 2.05) is 19.1 Å². The summed E-state index contributed by atoms with van der Waals surface area (Å²) in [5.41, 5.74) is 0.776. The first kappa shape index (κ1) is 13.7. The van der Waals surface area contributed by atoms with Gasteiger partial charge < -0.3 is 5.11 Å². The van der Waals surface area contributed by atoms with Crippen molar-refractivity contribution < 1.29 is 18.7 Å². The highest BCUT2D eigenvalue weighted by atomic mass is 32.2. The fourth-order valence-corrected chi connectivity index (χ4v) is 1.85. The van der Waals surface area contributed by atoms with E-state index in [0.29, 0.717) is 0 Å². The molecule has 0 atom stereocenters. The lowest BCUT2D eigenvalue weighted by molar-refractivity contribution is -0.152. The lowest BCUT2D eigenvalue weighted by atomic mass is 10.2. The van der Waals surface area contributed by atoms with E-state index in [0.717, 1.165) is 12.0 Å². The van der Waals surface area contributed by atoms with Crippen LogP contribution in [-0.4, -0.2) is 16.3 Å². The molecule has 2 nitrogen and oxygen atoms in total. The number of carboxylic acid groups (broad SMARTS) is 1. The second-order valence-corrected chi connectivity index (χ2v) is 4.50. The van der Waals surface area contributed by atoms with Gasteiger partial charge in [0.15, 0.2) is 0 Å². The summed E-state index contributed by atoms with van der Waals surface area (Å²) in [5, 5.41) is 4.53. The lowest BCUT2D eigenvalue weighted by Gasteiger charge is -2.10. The maximum absolute atomic E-state index is 13.0. The quantitative estimate of drug-likeness (QED) is 0.814. The van der Waals surface area contributed by atoms with Crippen molar-refractivity contribution in [2.75, 3.05) is 0 Å². The van der Waals surface area contributed by atoms with Crippen molar-refractivity contribution in [2.45, 2.75) is 23.5 Å². The summed E-state index contributed by atoms with van der Waals surface area (Å²) in [6.07, 6.45) is 4.56. The Hall–Kier alpha value is -1.36. The highest BCUT2D eigenvalue weighted by Gasteiger charge is 2.40. The van der Waals surface area contributed by atoms with E-state index in [9.17, 15) is 13.6 Å². The topological polar surface area (TPSA) is 37.3 Å². The predicted octanol–water partition coefficient (Wildman–Crippen LogP) is 3.88. The Morgan fingerprint density at radius 3 is 2.82 bits per heavy atom. The molecule has 0 aromatic heterocycles. The Labute approximate surface area is 102 Å². The average molecular weight is 258 g/mol. The second kappa shape index (κ2) is 5.82. The first-order valence-corrected chi connectivity index (χ1v) is 5.84. The van der Waals surface area contributed by atoms with Crippen molar-refractivity contribution >= 4 is 23.8 Å². The highest BCUT2D eigenvalue weighted by molar-refractivity contribution is 8.01. The molecule has 1 aromatic rings. The molecule has 0 aliphatic carbocycles. The molecule has 1 rings (SSSR count). The average Bonchev–Trinajstić information content (AvgIpc) is 2.26. The van der Waals surface area contributed by atoms with Crippen molar-refractivity contribution in [3.8, 4) is 0 Å². The van der Waals surface area contributed by atoms with E-state index >= 15 is 0 Å². The summed E-state index contributed by atoms with van der Waals surface area (Å²) < 4.78 is 25.9. The zero-order valence-corrected chi connectivity index (χ0v) is 10.0. The van der Waals surface area contributed by atoms with Gasteiger partial charge in [-0.2, -0.15) is 8.78 Å². The third-order valence-corrected chi connectivity index (χ3v) is 2.82. The van der Waals surface area contributed by atoms with E-state index in [4.69, 9.17) is 5.11 Å². The van der Waals surface area contributed by atoms with Crippen molar-refractivity contribution in [1.29, 1.82) is 0 Å². The first-order chi connectivity index (χ1) is 7.95. The molecule has 92 valence electrons. The fraction of sp³-hybridized carbons (Fsp3) is 0.250.